The third kappa shape index (κ3) is 4.30. The van der Waals surface area contributed by atoms with E-state index in [-0.39, 0.29) is 11.8 Å². The van der Waals surface area contributed by atoms with Crippen LogP contribution in [-0.4, -0.2) is 73.3 Å². The lowest BCUT2D eigenvalue weighted by molar-refractivity contribution is 0.00762. The van der Waals surface area contributed by atoms with Crippen molar-refractivity contribution < 1.29 is 15.0 Å². The molecule has 1 amide bonds. The SMILES string of the molecule is CN(C)Cc1cn(C[C@H]2C[C@@H](NC(=O)c3nc4ccccc4s3)[C@H](O)[C@@H]2O)nn1. The van der Waals surface area contributed by atoms with Crippen LogP contribution in [0.3, 0.4) is 0 Å². The summed E-state index contributed by atoms with van der Waals surface area (Å²) in [6.45, 7) is 1.10. The van der Waals surface area contributed by atoms with Crippen LogP contribution in [0.2, 0.25) is 0 Å². The summed E-state index contributed by atoms with van der Waals surface area (Å²) in [5.74, 6) is -0.573. The van der Waals surface area contributed by atoms with E-state index in [4.69, 9.17) is 0 Å². The average Bonchev–Trinajstić information content (AvgIpc) is 3.37. The molecule has 2 heterocycles. The predicted molar refractivity (Wildman–Crippen MR) is 108 cm³/mol. The summed E-state index contributed by atoms with van der Waals surface area (Å²) in [6, 6.07) is 7.00. The van der Waals surface area contributed by atoms with Gasteiger partial charge in [0.05, 0.1) is 28.1 Å². The number of para-hydroxylation sites is 1. The Labute approximate surface area is 172 Å². The molecule has 1 fully saturated rings. The zero-order valence-corrected chi connectivity index (χ0v) is 17.1. The van der Waals surface area contributed by atoms with Gasteiger partial charge in [-0.3, -0.25) is 9.48 Å². The highest BCUT2D eigenvalue weighted by atomic mass is 32.1. The second-order valence-electron chi connectivity index (χ2n) is 7.71. The molecular weight excluding hydrogens is 392 g/mol. The first-order valence-corrected chi connectivity index (χ1v) is 10.3. The van der Waals surface area contributed by atoms with Gasteiger partial charge in [-0.25, -0.2) is 4.98 Å². The van der Waals surface area contributed by atoms with Crippen molar-refractivity contribution in [2.45, 2.75) is 37.8 Å². The number of nitrogens with zero attached hydrogens (tertiary/aromatic N) is 5. The zero-order valence-electron chi connectivity index (χ0n) is 16.3. The smallest absolute Gasteiger partial charge is 0.280 e. The van der Waals surface area contributed by atoms with Gasteiger partial charge >= 0.3 is 0 Å². The molecular formula is C19H24N6O3S. The standard InChI is InChI=1S/C19H24N6O3S/c1-24(2)9-12-10-25(23-22-12)8-11-7-14(17(27)16(11)26)20-18(28)19-21-13-5-3-4-6-15(13)29-19/h3-6,10-11,14,16-17,26-27H,7-9H2,1-2H3,(H,20,28)/t11-,14-,16-,17+/m1/s1. The minimum Gasteiger partial charge on any atom is -0.390 e. The largest absolute Gasteiger partial charge is 0.390 e. The van der Waals surface area contributed by atoms with E-state index >= 15 is 0 Å². The van der Waals surface area contributed by atoms with Crippen LogP contribution in [0.25, 0.3) is 10.2 Å². The molecule has 9 nitrogen and oxygen atoms in total. The van der Waals surface area contributed by atoms with Crippen LogP contribution in [0.4, 0.5) is 0 Å². The Balaban J connectivity index is 1.40. The minimum absolute atomic E-state index is 0.237. The summed E-state index contributed by atoms with van der Waals surface area (Å²) in [5.41, 5.74) is 1.61. The summed E-state index contributed by atoms with van der Waals surface area (Å²) in [6.07, 6.45) is 0.300. The lowest BCUT2D eigenvalue weighted by atomic mass is 10.1. The predicted octanol–water partition coefficient (Wildman–Crippen LogP) is 0.490. The van der Waals surface area contributed by atoms with Crippen molar-refractivity contribution >= 4 is 27.5 Å². The fourth-order valence-electron chi connectivity index (χ4n) is 3.71. The molecule has 1 saturated carbocycles. The maximum absolute atomic E-state index is 12.6. The van der Waals surface area contributed by atoms with Crippen LogP contribution in [0, 0.1) is 5.92 Å². The number of nitrogens with one attached hydrogen (secondary N) is 1. The van der Waals surface area contributed by atoms with Gasteiger partial charge in [0.2, 0.25) is 0 Å². The van der Waals surface area contributed by atoms with Crippen molar-refractivity contribution in [3.63, 3.8) is 0 Å². The van der Waals surface area contributed by atoms with Crippen LogP contribution in [0.15, 0.2) is 30.5 Å². The number of aromatic nitrogens is 4. The Hall–Kier alpha value is -2.40. The van der Waals surface area contributed by atoms with Crippen molar-refractivity contribution in [1.29, 1.82) is 0 Å². The molecule has 0 saturated heterocycles. The van der Waals surface area contributed by atoms with E-state index in [0.717, 1.165) is 15.9 Å². The normalized spacial score (nSPS) is 24.4. The van der Waals surface area contributed by atoms with Gasteiger partial charge in [0.25, 0.3) is 5.91 Å². The highest BCUT2D eigenvalue weighted by Crippen LogP contribution is 2.29. The van der Waals surface area contributed by atoms with Gasteiger partial charge in [0.1, 0.15) is 6.10 Å². The number of benzene rings is 1. The quantitative estimate of drug-likeness (QED) is 0.535. The van der Waals surface area contributed by atoms with E-state index in [2.05, 4.69) is 20.6 Å². The Morgan fingerprint density at radius 1 is 1.31 bits per heavy atom. The molecule has 154 valence electrons. The molecule has 4 atom stereocenters. The first-order chi connectivity index (χ1) is 13.9. The maximum Gasteiger partial charge on any atom is 0.280 e. The fourth-order valence-corrected chi connectivity index (χ4v) is 4.58. The minimum atomic E-state index is -1.04. The molecule has 1 aromatic carbocycles. The van der Waals surface area contributed by atoms with Gasteiger partial charge in [-0.2, -0.15) is 0 Å². The van der Waals surface area contributed by atoms with Gasteiger partial charge in [-0.05, 0) is 32.6 Å². The molecule has 0 bridgehead atoms. The Morgan fingerprint density at radius 3 is 2.86 bits per heavy atom. The maximum atomic E-state index is 12.6. The molecule has 0 aliphatic heterocycles. The van der Waals surface area contributed by atoms with Gasteiger partial charge in [0, 0.05) is 25.2 Å². The summed E-state index contributed by atoms with van der Waals surface area (Å²) in [5, 5.41) is 32.3. The number of carbonyl (C=O) groups is 1. The molecule has 2 aromatic heterocycles. The Bertz CT molecular complexity index is 970. The second kappa shape index (κ2) is 8.15. The number of thiazole rings is 1. The van der Waals surface area contributed by atoms with Crippen molar-refractivity contribution in [3.8, 4) is 0 Å². The Morgan fingerprint density at radius 2 is 2.10 bits per heavy atom. The zero-order chi connectivity index (χ0) is 20.5. The number of hydrogen-bond donors (Lipinski definition) is 3. The van der Waals surface area contributed by atoms with E-state index < -0.39 is 18.2 Å². The monoisotopic (exact) mass is 416 g/mol. The molecule has 0 spiro atoms. The van der Waals surface area contributed by atoms with Crippen LogP contribution >= 0.6 is 11.3 Å². The molecule has 0 unspecified atom stereocenters. The fraction of sp³-hybridized carbons (Fsp3) is 0.474. The molecule has 0 radical (unpaired) electrons. The third-order valence-corrected chi connectivity index (χ3v) is 6.13. The van der Waals surface area contributed by atoms with E-state index in [1.54, 1.807) is 4.68 Å². The number of aliphatic hydroxyl groups is 2. The number of fused-ring (bicyclic) bond motifs is 1. The van der Waals surface area contributed by atoms with E-state index in [1.807, 2.05) is 49.5 Å². The van der Waals surface area contributed by atoms with Crippen molar-refractivity contribution in [1.82, 2.24) is 30.2 Å². The van der Waals surface area contributed by atoms with Crippen LogP contribution < -0.4 is 5.32 Å². The first-order valence-electron chi connectivity index (χ1n) is 9.47. The van der Waals surface area contributed by atoms with Crippen LogP contribution in [-0.2, 0) is 13.1 Å². The van der Waals surface area contributed by atoms with Crippen LogP contribution in [0.5, 0.6) is 0 Å². The topological polar surface area (TPSA) is 116 Å². The molecule has 1 aliphatic rings. The van der Waals surface area contributed by atoms with E-state index in [0.29, 0.717) is 24.5 Å². The average molecular weight is 417 g/mol. The summed E-state index contributed by atoms with van der Waals surface area (Å²) < 4.78 is 2.61. The van der Waals surface area contributed by atoms with Crippen LogP contribution in [0.1, 0.15) is 21.9 Å². The van der Waals surface area contributed by atoms with E-state index in [9.17, 15) is 15.0 Å². The number of carbonyl (C=O) groups excluding carboxylic acids is 1. The summed E-state index contributed by atoms with van der Waals surface area (Å²) >= 11 is 1.31. The highest BCUT2D eigenvalue weighted by Gasteiger charge is 2.42. The van der Waals surface area contributed by atoms with Gasteiger partial charge in [-0.15, -0.1) is 16.4 Å². The molecule has 4 rings (SSSR count). The number of amides is 1. The lowest BCUT2D eigenvalue weighted by Crippen LogP contribution is -2.43. The van der Waals surface area contributed by atoms with Gasteiger partial charge in [0.15, 0.2) is 5.01 Å². The van der Waals surface area contributed by atoms with E-state index in [1.165, 1.54) is 11.3 Å². The number of hydrogen-bond acceptors (Lipinski definition) is 8. The molecule has 29 heavy (non-hydrogen) atoms. The number of aliphatic hydroxyl groups excluding tert-OH is 2. The third-order valence-electron chi connectivity index (χ3n) is 5.09. The molecule has 10 heteroatoms. The molecule has 3 aromatic rings. The second-order valence-corrected chi connectivity index (χ2v) is 8.74. The van der Waals surface area contributed by atoms with Gasteiger partial charge in [-0.1, -0.05) is 17.3 Å². The van der Waals surface area contributed by atoms with Gasteiger partial charge < -0.3 is 20.4 Å². The number of rotatable bonds is 6. The first kappa shape index (κ1) is 19.9. The Kier molecular flexibility index (Phi) is 5.59. The summed E-state index contributed by atoms with van der Waals surface area (Å²) in [7, 11) is 3.91. The van der Waals surface area contributed by atoms with Crippen molar-refractivity contribution in [2.75, 3.05) is 14.1 Å². The van der Waals surface area contributed by atoms with Crippen molar-refractivity contribution in [3.05, 3.63) is 41.2 Å². The van der Waals surface area contributed by atoms with Crippen molar-refractivity contribution in [2.24, 2.45) is 5.92 Å². The lowest BCUT2D eigenvalue weighted by Gasteiger charge is -2.17. The highest BCUT2D eigenvalue weighted by molar-refractivity contribution is 7.20. The molecule has 1 aliphatic carbocycles. The summed E-state index contributed by atoms with van der Waals surface area (Å²) in [4.78, 5) is 18.9. The molecule has 3 N–H and O–H groups in total.